The van der Waals surface area contributed by atoms with Gasteiger partial charge in [0.25, 0.3) is 0 Å². The van der Waals surface area contributed by atoms with Crippen molar-refractivity contribution in [1.29, 1.82) is 0 Å². The first-order valence-corrected chi connectivity index (χ1v) is 8.99. The minimum absolute atomic E-state index is 0.102. The summed E-state index contributed by atoms with van der Waals surface area (Å²) in [5.41, 5.74) is 2.75. The van der Waals surface area contributed by atoms with Crippen LogP contribution in [0.4, 0.5) is 0 Å². The molecule has 0 aliphatic carbocycles. The van der Waals surface area contributed by atoms with E-state index in [4.69, 9.17) is 0 Å². The molecule has 1 atom stereocenters. The second-order valence-electron chi connectivity index (χ2n) is 5.79. The van der Waals surface area contributed by atoms with E-state index in [1.807, 2.05) is 54.6 Å². The maximum absolute atomic E-state index is 11.9. The molecule has 0 unspecified atom stereocenters. The smallest absolute Gasteiger partial charge is 0.227 e. The minimum Gasteiger partial charge on any atom is -0.287 e. The molecule has 0 aliphatic heterocycles. The first kappa shape index (κ1) is 17.2. The van der Waals surface area contributed by atoms with Crippen LogP contribution in [0, 0.1) is 10.1 Å². The van der Waals surface area contributed by atoms with Gasteiger partial charge >= 0.3 is 0 Å². The Bertz CT molecular complexity index is 905. The van der Waals surface area contributed by atoms with Gasteiger partial charge in [0.05, 0.1) is 10.8 Å². The van der Waals surface area contributed by atoms with E-state index in [0.717, 1.165) is 22.0 Å². The number of benzene rings is 2. The lowest BCUT2D eigenvalue weighted by Gasteiger charge is -2.12. The van der Waals surface area contributed by atoms with Crippen LogP contribution in [0.15, 0.2) is 60.8 Å². The zero-order valence-electron chi connectivity index (χ0n) is 13.8. The van der Waals surface area contributed by atoms with E-state index in [2.05, 4.69) is 0 Å². The molecule has 128 valence electrons. The van der Waals surface area contributed by atoms with Crippen LogP contribution < -0.4 is 0 Å². The minimum atomic E-state index is -0.319. The highest BCUT2D eigenvalue weighted by Crippen LogP contribution is 2.37. The van der Waals surface area contributed by atoms with Crippen molar-refractivity contribution < 1.29 is 9.72 Å². The van der Waals surface area contributed by atoms with Crippen LogP contribution in [-0.4, -0.2) is 21.9 Å². The summed E-state index contributed by atoms with van der Waals surface area (Å²) in [6.45, 7) is 1.32. The van der Waals surface area contributed by atoms with Crippen molar-refractivity contribution in [2.75, 3.05) is 6.54 Å². The molecule has 3 aromatic rings. The molecule has 0 radical (unpaired) electrons. The van der Waals surface area contributed by atoms with Gasteiger partial charge in [-0.3, -0.25) is 19.5 Å². The van der Waals surface area contributed by atoms with Gasteiger partial charge in [0.1, 0.15) is 0 Å². The van der Waals surface area contributed by atoms with Crippen LogP contribution >= 0.6 is 11.8 Å². The molecule has 0 saturated heterocycles. The van der Waals surface area contributed by atoms with Gasteiger partial charge in [0, 0.05) is 29.2 Å². The molecule has 1 aromatic heterocycles. The molecule has 0 amide bonds. The fourth-order valence-electron chi connectivity index (χ4n) is 2.87. The SMILES string of the molecule is CC(=O)n1cc([C@H](C[N+](=O)[O-])SCc2ccccc2)c2ccccc21. The fourth-order valence-corrected chi connectivity index (χ4v) is 4.05. The van der Waals surface area contributed by atoms with Crippen LogP contribution in [0.1, 0.15) is 28.1 Å². The van der Waals surface area contributed by atoms with Crippen molar-refractivity contribution in [3.05, 3.63) is 82.0 Å². The molecular formula is C19H18N2O3S. The average molecular weight is 354 g/mol. The predicted octanol–water partition coefficient (Wildman–Crippen LogP) is 4.55. The Morgan fingerprint density at radius 1 is 1.16 bits per heavy atom. The third-order valence-electron chi connectivity index (χ3n) is 4.04. The normalized spacial score (nSPS) is 12.2. The van der Waals surface area contributed by atoms with Crippen molar-refractivity contribution in [3.63, 3.8) is 0 Å². The van der Waals surface area contributed by atoms with E-state index < -0.39 is 0 Å². The molecule has 0 bridgehead atoms. The third-order valence-corrected chi connectivity index (χ3v) is 5.34. The van der Waals surface area contributed by atoms with Gasteiger partial charge in [-0.1, -0.05) is 48.5 Å². The first-order valence-electron chi connectivity index (χ1n) is 7.94. The largest absolute Gasteiger partial charge is 0.287 e. The summed E-state index contributed by atoms with van der Waals surface area (Å²) in [6, 6.07) is 17.4. The summed E-state index contributed by atoms with van der Waals surface area (Å²) < 4.78 is 1.57. The highest BCUT2D eigenvalue weighted by atomic mass is 32.2. The number of carbonyl (C=O) groups excluding carboxylic acids is 1. The van der Waals surface area contributed by atoms with Crippen molar-refractivity contribution in [2.45, 2.75) is 17.9 Å². The molecule has 0 aliphatic rings. The van der Waals surface area contributed by atoms with Gasteiger partial charge in [-0.2, -0.15) is 0 Å². The van der Waals surface area contributed by atoms with Crippen molar-refractivity contribution >= 4 is 28.6 Å². The van der Waals surface area contributed by atoms with Crippen LogP contribution in [0.3, 0.4) is 0 Å². The maximum atomic E-state index is 11.9. The van der Waals surface area contributed by atoms with Crippen LogP contribution in [0.25, 0.3) is 10.9 Å². The molecule has 0 N–H and O–H groups in total. The molecule has 25 heavy (non-hydrogen) atoms. The Balaban J connectivity index is 1.97. The molecule has 2 aromatic carbocycles. The third kappa shape index (κ3) is 3.91. The van der Waals surface area contributed by atoms with E-state index in [1.165, 1.54) is 18.7 Å². The molecule has 0 spiro atoms. The second kappa shape index (κ2) is 7.53. The Kier molecular flexibility index (Phi) is 5.19. The fraction of sp³-hybridized carbons (Fsp3) is 0.211. The maximum Gasteiger partial charge on any atom is 0.227 e. The molecular weight excluding hydrogens is 336 g/mol. The molecule has 5 nitrogen and oxygen atoms in total. The number of thioether (sulfide) groups is 1. The Labute approximate surface area is 149 Å². The van der Waals surface area contributed by atoms with Gasteiger partial charge in [0.2, 0.25) is 12.5 Å². The number of para-hydroxylation sites is 1. The van der Waals surface area contributed by atoms with Gasteiger partial charge < -0.3 is 0 Å². The summed E-state index contributed by atoms with van der Waals surface area (Å²) in [6.07, 6.45) is 1.75. The van der Waals surface area contributed by atoms with E-state index in [0.29, 0.717) is 5.75 Å². The Morgan fingerprint density at radius 3 is 2.52 bits per heavy atom. The standard InChI is InChI=1S/C19H18N2O3S/c1-14(22)20-11-17(16-9-5-6-10-18(16)20)19(12-21(23)24)25-13-15-7-3-2-4-8-15/h2-11,19H,12-13H2,1H3/t19-/m0/s1. The van der Waals surface area contributed by atoms with Crippen molar-refractivity contribution in [2.24, 2.45) is 0 Å². The second-order valence-corrected chi connectivity index (χ2v) is 6.98. The highest BCUT2D eigenvalue weighted by molar-refractivity contribution is 7.98. The topological polar surface area (TPSA) is 65.1 Å². The lowest BCUT2D eigenvalue weighted by atomic mass is 10.1. The molecule has 0 fully saturated rings. The number of nitrogens with zero attached hydrogens (tertiary/aromatic N) is 2. The lowest BCUT2D eigenvalue weighted by molar-refractivity contribution is -0.479. The quantitative estimate of drug-likeness (QED) is 0.481. The Morgan fingerprint density at radius 2 is 1.84 bits per heavy atom. The van der Waals surface area contributed by atoms with E-state index in [1.54, 1.807) is 10.8 Å². The number of nitro groups is 1. The van der Waals surface area contributed by atoms with Crippen LogP contribution in [-0.2, 0) is 5.75 Å². The molecule has 0 saturated carbocycles. The zero-order chi connectivity index (χ0) is 17.8. The number of rotatable bonds is 6. The molecule has 3 rings (SSSR count). The first-order chi connectivity index (χ1) is 12.1. The summed E-state index contributed by atoms with van der Waals surface area (Å²) in [5, 5.41) is 11.8. The predicted molar refractivity (Wildman–Crippen MR) is 101 cm³/mol. The van der Waals surface area contributed by atoms with E-state index >= 15 is 0 Å². The summed E-state index contributed by atoms with van der Waals surface area (Å²) in [4.78, 5) is 22.8. The van der Waals surface area contributed by atoms with E-state index in [9.17, 15) is 14.9 Å². The molecule has 6 heteroatoms. The van der Waals surface area contributed by atoms with Gasteiger partial charge in [0.15, 0.2) is 0 Å². The van der Waals surface area contributed by atoms with E-state index in [-0.39, 0.29) is 22.6 Å². The van der Waals surface area contributed by atoms with Crippen molar-refractivity contribution in [1.82, 2.24) is 4.57 Å². The number of hydrogen-bond donors (Lipinski definition) is 0. The van der Waals surface area contributed by atoms with Gasteiger partial charge in [-0.05, 0) is 17.2 Å². The van der Waals surface area contributed by atoms with Crippen LogP contribution in [0.2, 0.25) is 0 Å². The van der Waals surface area contributed by atoms with Gasteiger partial charge in [-0.15, -0.1) is 11.8 Å². The average Bonchev–Trinajstić information content (AvgIpc) is 2.99. The van der Waals surface area contributed by atoms with Gasteiger partial charge in [-0.25, -0.2) is 0 Å². The summed E-state index contributed by atoms with van der Waals surface area (Å²) in [5.74, 6) is 0.578. The highest BCUT2D eigenvalue weighted by Gasteiger charge is 2.24. The summed E-state index contributed by atoms with van der Waals surface area (Å²) >= 11 is 1.53. The molecule has 1 heterocycles. The summed E-state index contributed by atoms with van der Waals surface area (Å²) in [7, 11) is 0. The zero-order valence-corrected chi connectivity index (χ0v) is 14.6. The van der Waals surface area contributed by atoms with Crippen LogP contribution in [0.5, 0.6) is 0 Å². The Hall–Kier alpha value is -2.60. The number of aromatic nitrogens is 1. The number of fused-ring (bicyclic) bond motifs is 1. The van der Waals surface area contributed by atoms with Crippen molar-refractivity contribution in [3.8, 4) is 0 Å². The monoisotopic (exact) mass is 354 g/mol. The number of carbonyl (C=O) groups is 1. The lowest BCUT2D eigenvalue weighted by Crippen LogP contribution is -2.10. The number of hydrogen-bond acceptors (Lipinski definition) is 4.